The van der Waals surface area contributed by atoms with Crippen LogP contribution in [0.2, 0.25) is 0 Å². The van der Waals surface area contributed by atoms with Crippen LogP contribution in [0.15, 0.2) is 11.4 Å². The molecule has 1 atom stereocenters. The van der Waals surface area contributed by atoms with E-state index in [0.717, 1.165) is 18.2 Å². The maximum atomic E-state index is 5.32. The van der Waals surface area contributed by atoms with Crippen molar-refractivity contribution < 1.29 is 4.74 Å². The number of rotatable bonds is 6. The zero-order valence-corrected chi connectivity index (χ0v) is 12.4. The van der Waals surface area contributed by atoms with Crippen molar-refractivity contribution in [1.82, 2.24) is 5.32 Å². The molecule has 0 amide bonds. The third-order valence-corrected chi connectivity index (χ3v) is 4.87. The molecular formula is C15H25NOS. The molecule has 1 aromatic heterocycles. The molecular weight excluding hydrogens is 242 g/mol. The first kappa shape index (κ1) is 13.9. The summed E-state index contributed by atoms with van der Waals surface area (Å²) < 4.78 is 5.32. The van der Waals surface area contributed by atoms with Gasteiger partial charge in [0, 0.05) is 16.3 Å². The van der Waals surface area contributed by atoms with Gasteiger partial charge in [-0.2, -0.15) is 0 Å². The van der Waals surface area contributed by atoms with Crippen LogP contribution in [0.5, 0.6) is 5.75 Å². The van der Waals surface area contributed by atoms with Crippen molar-refractivity contribution in [2.75, 3.05) is 13.7 Å². The molecule has 1 saturated carbocycles. The highest BCUT2D eigenvalue weighted by atomic mass is 32.1. The quantitative estimate of drug-likeness (QED) is 0.826. The average molecular weight is 267 g/mol. The summed E-state index contributed by atoms with van der Waals surface area (Å²) in [5.74, 6) is 1.82. The lowest BCUT2D eigenvalue weighted by Crippen LogP contribution is -2.29. The monoisotopic (exact) mass is 267 g/mol. The van der Waals surface area contributed by atoms with Crippen LogP contribution in [-0.4, -0.2) is 13.7 Å². The van der Waals surface area contributed by atoms with Crippen molar-refractivity contribution in [2.24, 2.45) is 5.92 Å². The predicted octanol–water partition coefficient (Wildman–Crippen LogP) is 4.38. The number of methoxy groups -OCH3 is 1. The Labute approximate surface area is 115 Å². The Kier molecular flexibility index (Phi) is 5.51. The fourth-order valence-electron chi connectivity index (χ4n) is 2.87. The fourth-order valence-corrected chi connectivity index (χ4v) is 3.89. The number of thiophene rings is 1. The molecule has 0 aromatic carbocycles. The maximum Gasteiger partial charge on any atom is 0.129 e. The molecule has 0 aliphatic heterocycles. The third kappa shape index (κ3) is 3.48. The van der Waals surface area contributed by atoms with Crippen LogP contribution in [0.1, 0.15) is 56.4 Å². The normalized spacial score (nSPS) is 18.8. The summed E-state index contributed by atoms with van der Waals surface area (Å²) in [5.41, 5.74) is 0. The minimum atomic E-state index is 0.541. The second kappa shape index (κ2) is 7.15. The highest BCUT2D eigenvalue weighted by Gasteiger charge is 2.25. The van der Waals surface area contributed by atoms with Gasteiger partial charge in [-0.3, -0.25) is 0 Å². The van der Waals surface area contributed by atoms with E-state index in [-0.39, 0.29) is 0 Å². The Morgan fingerprint density at radius 1 is 1.39 bits per heavy atom. The zero-order valence-electron chi connectivity index (χ0n) is 11.6. The predicted molar refractivity (Wildman–Crippen MR) is 78.5 cm³/mol. The van der Waals surface area contributed by atoms with E-state index in [9.17, 15) is 0 Å². The zero-order chi connectivity index (χ0) is 12.8. The van der Waals surface area contributed by atoms with E-state index in [1.807, 2.05) is 11.3 Å². The summed E-state index contributed by atoms with van der Waals surface area (Å²) in [7, 11) is 1.75. The lowest BCUT2D eigenvalue weighted by molar-refractivity contribution is 0.274. The van der Waals surface area contributed by atoms with Crippen LogP contribution in [0.4, 0.5) is 0 Å². The van der Waals surface area contributed by atoms with Gasteiger partial charge >= 0.3 is 0 Å². The molecule has 1 aliphatic rings. The van der Waals surface area contributed by atoms with E-state index in [2.05, 4.69) is 23.7 Å². The van der Waals surface area contributed by atoms with Gasteiger partial charge < -0.3 is 10.1 Å². The molecule has 1 N–H and O–H groups in total. The molecule has 0 saturated heterocycles. The highest BCUT2D eigenvalue weighted by molar-refractivity contribution is 7.10. The van der Waals surface area contributed by atoms with Crippen molar-refractivity contribution in [3.63, 3.8) is 0 Å². The van der Waals surface area contributed by atoms with Crippen molar-refractivity contribution in [3.8, 4) is 5.75 Å². The number of hydrogen-bond acceptors (Lipinski definition) is 3. The lowest BCUT2D eigenvalue weighted by Gasteiger charge is -2.30. The van der Waals surface area contributed by atoms with Gasteiger partial charge in [0.05, 0.1) is 7.11 Å². The average Bonchev–Trinajstić information content (AvgIpc) is 2.89. The molecule has 1 unspecified atom stereocenters. The minimum Gasteiger partial charge on any atom is -0.496 e. The van der Waals surface area contributed by atoms with Crippen molar-refractivity contribution in [3.05, 3.63) is 16.3 Å². The Morgan fingerprint density at radius 3 is 2.78 bits per heavy atom. The second-order valence-corrected chi connectivity index (χ2v) is 6.16. The molecule has 1 fully saturated rings. The number of hydrogen-bond donors (Lipinski definition) is 1. The number of nitrogens with one attached hydrogen (secondary N) is 1. The Bertz CT molecular complexity index is 344. The number of ether oxygens (including phenoxy) is 1. The van der Waals surface area contributed by atoms with Crippen LogP contribution >= 0.6 is 11.3 Å². The molecule has 1 aromatic rings. The van der Waals surface area contributed by atoms with E-state index in [4.69, 9.17) is 4.74 Å². The van der Waals surface area contributed by atoms with Gasteiger partial charge in [-0.1, -0.05) is 26.2 Å². The Hall–Kier alpha value is -0.540. The molecule has 1 aliphatic carbocycles. The largest absolute Gasteiger partial charge is 0.496 e. The molecule has 0 spiro atoms. The highest BCUT2D eigenvalue weighted by Crippen LogP contribution is 2.38. The SMILES string of the molecule is CCCNC(c1cc(OC)cs1)C1CCCCC1. The molecule has 1 heterocycles. The van der Waals surface area contributed by atoms with Crippen LogP contribution in [0.25, 0.3) is 0 Å². The molecule has 2 nitrogen and oxygen atoms in total. The van der Waals surface area contributed by atoms with Gasteiger partial charge in [0.2, 0.25) is 0 Å². The van der Waals surface area contributed by atoms with E-state index in [0.29, 0.717) is 6.04 Å². The van der Waals surface area contributed by atoms with Gasteiger partial charge in [0.1, 0.15) is 5.75 Å². The topological polar surface area (TPSA) is 21.3 Å². The van der Waals surface area contributed by atoms with Crippen LogP contribution in [0.3, 0.4) is 0 Å². The summed E-state index contributed by atoms with van der Waals surface area (Å²) in [6.07, 6.45) is 8.18. The first-order valence-electron chi connectivity index (χ1n) is 7.21. The Balaban J connectivity index is 2.07. The third-order valence-electron chi connectivity index (χ3n) is 3.87. The first-order chi connectivity index (χ1) is 8.85. The van der Waals surface area contributed by atoms with Gasteiger partial charge in [-0.05, 0) is 37.8 Å². The summed E-state index contributed by atoms with van der Waals surface area (Å²) in [4.78, 5) is 1.45. The van der Waals surface area contributed by atoms with E-state index in [1.165, 1.54) is 43.4 Å². The van der Waals surface area contributed by atoms with Crippen LogP contribution in [-0.2, 0) is 0 Å². The molecule has 0 bridgehead atoms. The summed E-state index contributed by atoms with van der Waals surface area (Å²) in [6, 6.07) is 2.76. The smallest absolute Gasteiger partial charge is 0.129 e. The van der Waals surface area contributed by atoms with E-state index >= 15 is 0 Å². The van der Waals surface area contributed by atoms with E-state index < -0.39 is 0 Å². The summed E-state index contributed by atoms with van der Waals surface area (Å²) in [5, 5.41) is 5.87. The molecule has 0 radical (unpaired) electrons. The standard InChI is InChI=1S/C15H25NOS/c1-3-9-16-15(12-7-5-4-6-8-12)14-10-13(17-2)11-18-14/h10-12,15-16H,3-9H2,1-2H3. The van der Waals surface area contributed by atoms with Crippen molar-refractivity contribution >= 4 is 11.3 Å². The summed E-state index contributed by atoms with van der Waals surface area (Å²) >= 11 is 1.84. The molecule has 2 rings (SSSR count). The van der Waals surface area contributed by atoms with Gasteiger partial charge in [0.25, 0.3) is 0 Å². The van der Waals surface area contributed by atoms with Crippen molar-refractivity contribution in [1.29, 1.82) is 0 Å². The lowest BCUT2D eigenvalue weighted by atomic mass is 9.83. The molecule has 102 valence electrons. The fraction of sp³-hybridized carbons (Fsp3) is 0.733. The second-order valence-electron chi connectivity index (χ2n) is 5.22. The van der Waals surface area contributed by atoms with Crippen LogP contribution < -0.4 is 10.1 Å². The van der Waals surface area contributed by atoms with Gasteiger partial charge in [0.15, 0.2) is 0 Å². The van der Waals surface area contributed by atoms with Crippen molar-refractivity contribution in [2.45, 2.75) is 51.5 Å². The maximum absolute atomic E-state index is 5.32. The van der Waals surface area contributed by atoms with Crippen LogP contribution in [0, 0.1) is 5.92 Å². The summed E-state index contributed by atoms with van der Waals surface area (Å²) in [6.45, 7) is 3.35. The molecule has 3 heteroatoms. The minimum absolute atomic E-state index is 0.541. The first-order valence-corrected chi connectivity index (χ1v) is 8.09. The molecule has 18 heavy (non-hydrogen) atoms. The van der Waals surface area contributed by atoms with Gasteiger partial charge in [-0.15, -0.1) is 11.3 Å². The van der Waals surface area contributed by atoms with Gasteiger partial charge in [-0.25, -0.2) is 0 Å². The van der Waals surface area contributed by atoms with E-state index in [1.54, 1.807) is 7.11 Å². The Morgan fingerprint density at radius 2 is 2.17 bits per heavy atom.